The van der Waals surface area contributed by atoms with Gasteiger partial charge in [0.25, 0.3) is 0 Å². The molecule has 0 aliphatic carbocycles. The highest BCUT2D eigenvalue weighted by atomic mass is 16.5. The summed E-state index contributed by atoms with van der Waals surface area (Å²) in [6.07, 6.45) is 5.14. The molecule has 11 heavy (non-hydrogen) atoms. The van der Waals surface area contributed by atoms with Crippen molar-refractivity contribution in [2.75, 3.05) is 32.8 Å². The first-order valence-electron chi connectivity index (χ1n) is 4.17. The molecule has 0 bridgehead atoms. The van der Waals surface area contributed by atoms with E-state index in [9.17, 15) is 0 Å². The van der Waals surface area contributed by atoms with Crippen LogP contribution in [0.3, 0.4) is 0 Å². The summed E-state index contributed by atoms with van der Waals surface area (Å²) in [7, 11) is 0. The Morgan fingerprint density at radius 1 is 1.18 bits per heavy atom. The summed E-state index contributed by atoms with van der Waals surface area (Å²) in [6, 6.07) is 0. The first kappa shape index (κ1) is 8.56. The summed E-state index contributed by atoms with van der Waals surface area (Å²) in [6.45, 7) is 4.61. The average Bonchev–Trinajstić information content (AvgIpc) is 2.08. The van der Waals surface area contributed by atoms with Crippen molar-refractivity contribution in [1.29, 1.82) is 0 Å². The van der Waals surface area contributed by atoms with Gasteiger partial charge in [0, 0.05) is 13.1 Å². The van der Waals surface area contributed by atoms with Gasteiger partial charge in [-0.25, -0.2) is 0 Å². The minimum Gasteiger partial charge on any atom is -0.391 e. The highest BCUT2D eigenvalue weighted by molar-refractivity contribution is 4.79. The van der Waals surface area contributed by atoms with Gasteiger partial charge in [0.2, 0.25) is 0 Å². The molecule has 0 aromatic heterocycles. The van der Waals surface area contributed by atoms with E-state index in [1.165, 1.54) is 6.42 Å². The molecule has 1 aliphatic rings. The maximum atomic E-state index is 5.28. The summed E-state index contributed by atoms with van der Waals surface area (Å²) in [5.74, 6) is 0. The van der Waals surface area contributed by atoms with Gasteiger partial charge in [0.1, 0.15) is 0 Å². The lowest BCUT2D eigenvalue weighted by Gasteiger charge is -2.02. The molecule has 3 heteroatoms. The predicted octanol–water partition coefficient (Wildman–Crippen LogP) is 0.0996. The van der Waals surface area contributed by atoms with Crippen LogP contribution in [0.2, 0.25) is 0 Å². The van der Waals surface area contributed by atoms with E-state index in [1.54, 1.807) is 0 Å². The molecule has 2 N–H and O–H groups in total. The molecule has 0 amide bonds. The van der Waals surface area contributed by atoms with Crippen molar-refractivity contribution in [2.45, 2.75) is 6.42 Å². The Balaban J connectivity index is 2.11. The molecule has 1 aliphatic heterocycles. The molecule has 0 fully saturated rings. The summed E-state index contributed by atoms with van der Waals surface area (Å²) in [5, 5.41) is 6.47. The third kappa shape index (κ3) is 4.81. The molecule has 0 saturated heterocycles. The summed E-state index contributed by atoms with van der Waals surface area (Å²) in [4.78, 5) is 0. The molecular weight excluding hydrogens is 140 g/mol. The van der Waals surface area contributed by atoms with Gasteiger partial charge >= 0.3 is 0 Å². The van der Waals surface area contributed by atoms with Gasteiger partial charge in [-0.1, -0.05) is 0 Å². The number of rotatable bonds is 0. The zero-order valence-corrected chi connectivity index (χ0v) is 6.81. The lowest BCUT2D eigenvalue weighted by Crippen LogP contribution is -2.22. The first-order chi connectivity index (χ1) is 5.50. The SMILES string of the molecule is C1=C/NCCCNCCOC/1. The molecule has 64 valence electrons. The van der Waals surface area contributed by atoms with Gasteiger partial charge in [-0.2, -0.15) is 0 Å². The van der Waals surface area contributed by atoms with Crippen molar-refractivity contribution in [3.05, 3.63) is 12.3 Å². The Morgan fingerprint density at radius 3 is 3.18 bits per heavy atom. The van der Waals surface area contributed by atoms with Crippen molar-refractivity contribution in [2.24, 2.45) is 0 Å². The largest absolute Gasteiger partial charge is 0.391 e. The van der Waals surface area contributed by atoms with Gasteiger partial charge in [0.05, 0.1) is 13.2 Å². The Bertz CT molecular complexity index is 103. The molecule has 1 rings (SSSR count). The van der Waals surface area contributed by atoms with Crippen LogP contribution in [0.5, 0.6) is 0 Å². The van der Waals surface area contributed by atoms with Crippen molar-refractivity contribution in [1.82, 2.24) is 10.6 Å². The minimum atomic E-state index is 0.717. The van der Waals surface area contributed by atoms with E-state index in [4.69, 9.17) is 4.74 Å². The standard InChI is InChI=1S/C8H16N2O/c1-3-9-5-2-7-11-8-6-10-4-1/h2,5,9-10H,1,3-4,6-8H2/b5-2+. The highest BCUT2D eigenvalue weighted by Crippen LogP contribution is 1.80. The van der Waals surface area contributed by atoms with Gasteiger partial charge in [0.15, 0.2) is 0 Å². The van der Waals surface area contributed by atoms with E-state index in [0.717, 1.165) is 26.2 Å². The molecule has 0 saturated carbocycles. The molecule has 3 nitrogen and oxygen atoms in total. The van der Waals surface area contributed by atoms with Gasteiger partial charge in [-0.15, -0.1) is 0 Å². The number of ether oxygens (including phenoxy) is 1. The van der Waals surface area contributed by atoms with Crippen molar-refractivity contribution in [3.8, 4) is 0 Å². The van der Waals surface area contributed by atoms with Crippen molar-refractivity contribution in [3.63, 3.8) is 0 Å². The summed E-state index contributed by atoms with van der Waals surface area (Å²) >= 11 is 0. The van der Waals surface area contributed by atoms with Crippen LogP contribution in [0.15, 0.2) is 12.3 Å². The normalized spacial score (nSPS) is 24.7. The highest BCUT2D eigenvalue weighted by Gasteiger charge is 1.89. The predicted molar refractivity (Wildman–Crippen MR) is 45.4 cm³/mol. The fourth-order valence-electron chi connectivity index (χ4n) is 0.951. The smallest absolute Gasteiger partial charge is 0.0664 e. The lowest BCUT2D eigenvalue weighted by molar-refractivity contribution is 0.164. The fraction of sp³-hybridized carbons (Fsp3) is 0.750. The Hall–Kier alpha value is -0.540. The monoisotopic (exact) mass is 156 g/mol. The van der Waals surface area contributed by atoms with E-state index in [2.05, 4.69) is 10.6 Å². The average molecular weight is 156 g/mol. The number of hydrogen-bond acceptors (Lipinski definition) is 3. The van der Waals surface area contributed by atoms with Gasteiger partial charge < -0.3 is 15.4 Å². The van der Waals surface area contributed by atoms with Crippen LogP contribution in [0, 0.1) is 0 Å². The Kier molecular flexibility index (Phi) is 4.81. The van der Waals surface area contributed by atoms with Gasteiger partial charge in [-0.05, 0) is 25.2 Å². The molecule has 0 spiro atoms. The third-order valence-electron chi connectivity index (χ3n) is 1.55. The van der Waals surface area contributed by atoms with Crippen LogP contribution in [0.1, 0.15) is 6.42 Å². The zero-order valence-electron chi connectivity index (χ0n) is 6.81. The van der Waals surface area contributed by atoms with E-state index in [-0.39, 0.29) is 0 Å². The van der Waals surface area contributed by atoms with Gasteiger partial charge in [-0.3, -0.25) is 0 Å². The maximum Gasteiger partial charge on any atom is 0.0664 e. The molecule has 0 radical (unpaired) electrons. The van der Waals surface area contributed by atoms with Crippen LogP contribution in [-0.4, -0.2) is 32.8 Å². The van der Waals surface area contributed by atoms with Crippen LogP contribution in [0.4, 0.5) is 0 Å². The van der Waals surface area contributed by atoms with Crippen LogP contribution < -0.4 is 10.6 Å². The quantitative estimate of drug-likeness (QED) is 0.522. The maximum absolute atomic E-state index is 5.28. The second kappa shape index (κ2) is 6.19. The van der Waals surface area contributed by atoms with Crippen molar-refractivity contribution < 1.29 is 4.74 Å². The van der Waals surface area contributed by atoms with Crippen molar-refractivity contribution >= 4 is 0 Å². The molecule has 0 atom stereocenters. The number of hydrogen-bond donors (Lipinski definition) is 2. The third-order valence-corrected chi connectivity index (χ3v) is 1.55. The zero-order chi connectivity index (χ0) is 7.78. The van der Waals surface area contributed by atoms with E-state index < -0.39 is 0 Å². The topological polar surface area (TPSA) is 33.3 Å². The molecule has 0 aromatic rings. The second-order valence-corrected chi connectivity index (χ2v) is 2.53. The van der Waals surface area contributed by atoms with Crippen LogP contribution in [0.25, 0.3) is 0 Å². The van der Waals surface area contributed by atoms with Crippen LogP contribution in [-0.2, 0) is 4.74 Å². The van der Waals surface area contributed by atoms with Crippen LogP contribution >= 0.6 is 0 Å². The minimum absolute atomic E-state index is 0.717. The summed E-state index contributed by atoms with van der Waals surface area (Å²) < 4.78 is 5.28. The lowest BCUT2D eigenvalue weighted by atomic mass is 10.4. The fourth-order valence-corrected chi connectivity index (χ4v) is 0.951. The Labute approximate surface area is 67.8 Å². The second-order valence-electron chi connectivity index (χ2n) is 2.53. The molecule has 1 heterocycles. The summed E-state index contributed by atoms with van der Waals surface area (Å²) in [5.41, 5.74) is 0. The first-order valence-corrected chi connectivity index (χ1v) is 4.17. The Morgan fingerprint density at radius 2 is 2.18 bits per heavy atom. The molecule has 0 unspecified atom stereocenters. The number of nitrogens with one attached hydrogen (secondary N) is 2. The molecular formula is C8H16N2O. The van der Waals surface area contributed by atoms with E-state index in [0.29, 0.717) is 6.61 Å². The molecule has 0 aromatic carbocycles. The van der Waals surface area contributed by atoms with E-state index in [1.807, 2.05) is 12.3 Å². The van der Waals surface area contributed by atoms with E-state index >= 15 is 0 Å².